The van der Waals surface area contributed by atoms with Crippen LogP contribution in [0.4, 0.5) is 0 Å². The van der Waals surface area contributed by atoms with Gasteiger partial charge in [0.2, 0.25) is 0 Å². The minimum Gasteiger partial charge on any atom is -0.612 e. The third-order valence-corrected chi connectivity index (χ3v) is 13.3. The van der Waals surface area contributed by atoms with Crippen molar-refractivity contribution in [2.24, 2.45) is 0 Å². The van der Waals surface area contributed by atoms with Crippen LogP contribution in [-0.4, -0.2) is 21.6 Å². The fourth-order valence-corrected chi connectivity index (χ4v) is 10.1. The van der Waals surface area contributed by atoms with E-state index in [2.05, 4.69) is 94.2 Å². The number of hydrogen-bond donors (Lipinski definition) is 0. The Morgan fingerprint density at radius 2 is 0.878 bits per heavy atom. The quantitative estimate of drug-likeness (QED) is 0.0741. The summed E-state index contributed by atoms with van der Waals surface area (Å²) in [7, 11) is 0. The number of benzene rings is 4. The van der Waals surface area contributed by atoms with Gasteiger partial charge in [-0.05, 0) is 117 Å². The number of unbranched alkanes of at least 4 members (excludes halogenated alkanes) is 10. The molecule has 2 atom stereocenters. The molecule has 4 aromatic rings. The minimum absolute atomic E-state index is 0.124. The molecule has 0 fully saturated rings. The first-order chi connectivity index (χ1) is 23.7. The Kier molecular flexibility index (Phi) is 14.4. The fourth-order valence-electron chi connectivity index (χ4n) is 7.87. The Morgan fingerprint density at radius 3 is 1.27 bits per heavy atom. The van der Waals surface area contributed by atoms with Crippen LogP contribution in [0.15, 0.2) is 91.5 Å². The Hall–Kier alpha value is -1.54. The van der Waals surface area contributed by atoms with Crippen molar-refractivity contribution in [3.63, 3.8) is 0 Å². The molecule has 262 valence electrons. The van der Waals surface area contributed by atoms with Gasteiger partial charge in [-0.25, -0.2) is 0 Å². The Labute approximate surface area is 318 Å². The molecule has 5 rings (SSSR count). The highest BCUT2D eigenvalue weighted by Crippen LogP contribution is 2.56. The van der Waals surface area contributed by atoms with Crippen molar-refractivity contribution >= 4 is 54.2 Å². The summed E-state index contributed by atoms with van der Waals surface area (Å²) in [5.41, 5.74) is 9.68. The average molecular weight is 825 g/mol. The maximum absolute atomic E-state index is 12.9. The lowest BCUT2D eigenvalue weighted by Crippen LogP contribution is -2.25. The maximum Gasteiger partial charge on any atom is 0.160 e. The highest BCUT2D eigenvalue weighted by atomic mass is 79.9. The smallest absolute Gasteiger partial charge is 0.160 e. The summed E-state index contributed by atoms with van der Waals surface area (Å²) in [4.78, 5) is 1.74. The SMILES string of the molecule is CCCCCCCCC1(CCCCCCCC)c2cc(-c3cc(Br)ccc3[S+](C)[O-])ccc2-c2ccc(-c3cc(Br)ccc3[S+](C)[O-])cc21. The molecule has 1 aliphatic carbocycles. The van der Waals surface area contributed by atoms with Crippen LogP contribution in [0.3, 0.4) is 0 Å². The van der Waals surface area contributed by atoms with Gasteiger partial charge in [0, 0.05) is 25.5 Å². The normalized spacial score (nSPS) is 14.4. The van der Waals surface area contributed by atoms with Gasteiger partial charge in [-0.1, -0.05) is 147 Å². The number of halogens is 2. The van der Waals surface area contributed by atoms with E-state index in [1.54, 1.807) is 12.5 Å². The van der Waals surface area contributed by atoms with Crippen LogP contribution in [0.2, 0.25) is 0 Å². The van der Waals surface area contributed by atoms with Crippen molar-refractivity contribution in [3.05, 3.63) is 92.9 Å². The van der Waals surface area contributed by atoms with Crippen LogP contribution in [-0.2, 0) is 27.8 Å². The van der Waals surface area contributed by atoms with E-state index < -0.39 is 22.4 Å². The van der Waals surface area contributed by atoms with Crippen LogP contribution in [0.25, 0.3) is 33.4 Å². The highest BCUT2D eigenvalue weighted by Gasteiger charge is 2.43. The first kappa shape index (κ1) is 38.7. The third-order valence-electron chi connectivity index (χ3n) is 10.4. The topological polar surface area (TPSA) is 46.1 Å². The third kappa shape index (κ3) is 9.10. The largest absolute Gasteiger partial charge is 0.612 e. The van der Waals surface area contributed by atoms with E-state index in [9.17, 15) is 9.11 Å². The second-order valence-corrected chi connectivity index (χ2v) is 18.4. The molecular formula is C43H52Br2O2S2. The van der Waals surface area contributed by atoms with Crippen LogP contribution >= 0.6 is 31.9 Å². The molecule has 1 aliphatic rings. The van der Waals surface area contributed by atoms with E-state index in [1.807, 2.05) is 24.3 Å². The lowest BCUT2D eigenvalue weighted by Gasteiger charge is -2.33. The van der Waals surface area contributed by atoms with E-state index in [1.165, 1.54) is 99.3 Å². The summed E-state index contributed by atoms with van der Waals surface area (Å²) in [6.07, 6.45) is 21.0. The second kappa shape index (κ2) is 18.3. The Bertz CT molecular complexity index is 1570. The number of fused-ring (bicyclic) bond motifs is 3. The zero-order valence-corrected chi connectivity index (χ0v) is 34.5. The predicted octanol–water partition coefficient (Wildman–Crippen LogP) is 13.8. The lowest BCUT2D eigenvalue weighted by molar-refractivity contribution is 0.398. The molecule has 0 saturated carbocycles. The highest BCUT2D eigenvalue weighted by molar-refractivity contribution is 9.10. The second-order valence-electron chi connectivity index (χ2n) is 13.8. The summed E-state index contributed by atoms with van der Waals surface area (Å²) >= 11 is 5.18. The molecule has 49 heavy (non-hydrogen) atoms. The van der Waals surface area contributed by atoms with Gasteiger partial charge in [0.15, 0.2) is 9.79 Å². The molecule has 4 aromatic carbocycles. The van der Waals surface area contributed by atoms with Crippen LogP contribution in [0.1, 0.15) is 115 Å². The predicted molar refractivity (Wildman–Crippen MR) is 220 cm³/mol. The molecule has 0 aliphatic heterocycles. The monoisotopic (exact) mass is 822 g/mol. The van der Waals surface area contributed by atoms with Crippen molar-refractivity contribution in [1.82, 2.24) is 0 Å². The maximum atomic E-state index is 12.9. The lowest BCUT2D eigenvalue weighted by atomic mass is 9.70. The van der Waals surface area contributed by atoms with E-state index in [4.69, 9.17) is 0 Å². The molecule has 0 spiro atoms. The summed E-state index contributed by atoms with van der Waals surface area (Å²) in [5.74, 6) is 0. The van der Waals surface area contributed by atoms with Gasteiger partial charge in [0.05, 0.1) is 0 Å². The zero-order chi connectivity index (χ0) is 35.0. The number of hydrogen-bond acceptors (Lipinski definition) is 2. The van der Waals surface area contributed by atoms with Gasteiger partial charge >= 0.3 is 0 Å². The molecule has 0 heterocycles. The molecule has 0 saturated heterocycles. The standard InChI is InChI=1S/C43H52Br2O2S2/c1-5-7-9-11-13-15-25-43(26-16-14-12-10-8-6-2)39-27-31(37-29-33(44)19-23-41(37)48(3)46)17-21-35(39)36-22-18-32(28-40(36)43)38-30-34(45)20-24-42(38)49(4)47/h17-24,27-30H,5-16,25-26H2,1-4H3. The fraction of sp³-hybridized carbons (Fsp3) is 0.442. The molecule has 0 bridgehead atoms. The van der Waals surface area contributed by atoms with Crippen molar-refractivity contribution in [1.29, 1.82) is 0 Å². The van der Waals surface area contributed by atoms with Crippen LogP contribution in [0, 0.1) is 0 Å². The van der Waals surface area contributed by atoms with Crippen molar-refractivity contribution in [2.45, 2.75) is 119 Å². The van der Waals surface area contributed by atoms with Gasteiger partial charge in [-0.2, -0.15) is 0 Å². The van der Waals surface area contributed by atoms with Crippen molar-refractivity contribution in [3.8, 4) is 33.4 Å². The molecule has 0 amide bonds. The zero-order valence-electron chi connectivity index (χ0n) is 29.7. The molecule has 2 unspecified atom stereocenters. The first-order valence-electron chi connectivity index (χ1n) is 18.3. The van der Waals surface area contributed by atoms with E-state index in [0.29, 0.717) is 0 Å². The van der Waals surface area contributed by atoms with Crippen molar-refractivity contribution < 1.29 is 9.11 Å². The molecule has 2 nitrogen and oxygen atoms in total. The van der Waals surface area contributed by atoms with Crippen LogP contribution < -0.4 is 0 Å². The van der Waals surface area contributed by atoms with Gasteiger partial charge in [-0.15, -0.1) is 0 Å². The van der Waals surface area contributed by atoms with Gasteiger partial charge in [-0.3, -0.25) is 0 Å². The Balaban J connectivity index is 1.66. The summed E-state index contributed by atoms with van der Waals surface area (Å²) in [6, 6.07) is 26.2. The minimum atomic E-state index is -1.11. The Morgan fingerprint density at radius 1 is 0.490 bits per heavy atom. The van der Waals surface area contributed by atoms with E-state index in [0.717, 1.165) is 53.8 Å². The molecule has 0 aromatic heterocycles. The molecular weight excluding hydrogens is 772 g/mol. The molecule has 0 N–H and O–H groups in total. The molecule has 0 radical (unpaired) electrons. The van der Waals surface area contributed by atoms with Gasteiger partial charge in [0.25, 0.3) is 0 Å². The number of rotatable bonds is 18. The van der Waals surface area contributed by atoms with E-state index >= 15 is 0 Å². The summed E-state index contributed by atoms with van der Waals surface area (Å²) in [5, 5.41) is 0. The van der Waals surface area contributed by atoms with Gasteiger partial charge in [0.1, 0.15) is 12.5 Å². The van der Waals surface area contributed by atoms with E-state index in [-0.39, 0.29) is 5.41 Å². The molecule has 6 heteroatoms. The van der Waals surface area contributed by atoms with Crippen molar-refractivity contribution in [2.75, 3.05) is 12.5 Å². The van der Waals surface area contributed by atoms with Crippen LogP contribution in [0.5, 0.6) is 0 Å². The summed E-state index contributed by atoms with van der Waals surface area (Å²) in [6.45, 7) is 4.57. The van der Waals surface area contributed by atoms with Gasteiger partial charge < -0.3 is 9.11 Å². The average Bonchev–Trinajstić information content (AvgIpc) is 3.35. The first-order valence-corrected chi connectivity index (χ1v) is 23.0. The summed E-state index contributed by atoms with van der Waals surface area (Å²) < 4.78 is 27.9.